The molecule has 1 atom stereocenters. The van der Waals surface area contributed by atoms with Gasteiger partial charge in [0.25, 0.3) is 0 Å². The van der Waals surface area contributed by atoms with Crippen LogP contribution in [0.25, 0.3) is 0 Å². The quantitative estimate of drug-likeness (QED) is 0.265. The van der Waals surface area contributed by atoms with E-state index in [1.807, 2.05) is 20.8 Å². The SMILES string of the molecule is CC(C)(C)CSC[C@H](NC(=O)CCOCCNC(=O)CC(C)(C)C)C(=O)NCCC(=O)O. The van der Waals surface area contributed by atoms with E-state index in [1.54, 1.807) is 11.8 Å². The number of rotatable bonds is 15. The average molecular weight is 476 g/mol. The first-order chi connectivity index (χ1) is 14.7. The number of nitrogens with one attached hydrogen (secondary N) is 3. The van der Waals surface area contributed by atoms with Crippen molar-refractivity contribution in [1.82, 2.24) is 16.0 Å². The maximum absolute atomic E-state index is 12.4. The summed E-state index contributed by atoms with van der Waals surface area (Å²) in [4.78, 5) is 47.0. The van der Waals surface area contributed by atoms with E-state index in [9.17, 15) is 19.2 Å². The van der Waals surface area contributed by atoms with Crippen LogP contribution in [-0.2, 0) is 23.9 Å². The summed E-state index contributed by atoms with van der Waals surface area (Å²) >= 11 is 1.56. The van der Waals surface area contributed by atoms with Crippen LogP contribution in [0.1, 0.15) is 60.8 Å². The van der Waals surface area contributed by atoms with Gasteiger partial charge in [-0.1, -0.05) is 41.5 Å². The number of carboxylic acid groups (broad SMARTS) is 1. The Labute approximate surface area is 196 Å². The van der Waals surface area contributed by atoms with E-state index in [-0.39, 0.29) is 48.6 Å². The first kappa shape index (κ1) is 30.2. The maximum Gasteiger partial charge on any atom is 0.305 e. The molecule has 0 aromatic heterocycles. The summed E-state index contributed by atoms with van der Waals surface area (Å²) in [6, 6.07) is -0.750. The lowest BCUT2D eigenvalue weighted by atomic mass is 9.92. The number of hydrogen-bond acceptors (Lipinski definition) is 6. The fourth-order valence-corrected chi connectivity index (χ4v) is 3.62. The second-order valence-electron chi connectivity index (χ2n) is 10.1. The van der Waals surface area contributed by atoms with Gasteiger partial charge in [-0.25, -0.2) is 0 Å². The number of carbonyl (C=O) groups excluding carboxylic acids is 3. The minimum absolute atomic E-state index is 0.00845. The molecule has 9 nitrogen and oxygen atoms in total. The average Bonchev–Trinajstić information content (AvgIpc) is 2.60. The van der Waals surface area contributed by atoms with Crippen LogP contribution in [0.4, 0.5) is 0 Å². The summed E-state index contributed by atoms with van der Waals surface area (Å²) in [5, 5.41) is 16.8. The molecule has 0 aromatic carbocycles. The van der Waals surface area contributed by atoms with Crippen LogP contribution in [0.15, 0.2) is 0 Å². The van der Waals surface area contributed by atoms with Crippen molar-refractivity contribution >= 4 is 35.5 Å². The minimum atomic E-state index is -1.00. The molecule has 0 unspecified atom stereocenters. The Hall–Kier alpha value is -1.81. The topological polar surface area (TPSA) is 134 Å². The van der Waals surface area contributed by atoms with Crippen molar-refractivity contribution in [2.45, 2.75) is 66.8 Å². The van der Waals surface area contributed by atoms with Gasteiger partial charge in [0, 0.05) is 31.7 Å². The first-order valence-corrected chi connectivity index (χ1v) is 12.1. The van der Waals surface area contributed by atoms with Crippen LogP contribution in [-0.4, -0.2) is 72.6 Å². The van der Waals surface area contributed by atoms with E-state index in [1.165, 1.54) is 0 Å². The van der Waals surface area contributed by atoms with Crippen LogP contribution in [0.2, 0.25) is 0 Å². The summed E-state index contributed by atoms with van der Waals surface area (Å²) < 4.78 is 5.40. The van der Waals surface area contributed by atoms with Crippen LogP contribution in [0, 0.1) is 10.8 Å². The van der Waals surface area contributed by atoms with Crippen LogP contribution >= 0.6 is 11.8 Å². The Bertz CT molecular complexity index is 614. The largest absolute Gasteiger partial charge is 0.481 e. The highest BCUT2D eigenvalue weighted by Gasteiger charge is 2.22. The number of carbonyl (C=O) groups is 4. The van der Waals surface area contributed by atoms with Crippen LogP contribution < -0.4 is 16.0 Å². The van der Waals surface area contributed by atoms with Gasteiger partial charge in [0.2, 0.25) is 17.7 Å². The maximum atomic E-state index is 12.4. The fourth-order valence-electron chi connectivity index (χ4n) is 2.42. The molecule has 0 fully saturated rings. The third-order valence-corrected chi connectivity index (χ3v) is 5.48. The third kappa shape index (κ3) is 18.9. The smallest absolute Gasteiger partial charge is 0.305 e. The summed E-state index contributed by atoms with van der Waals surface area (Å²) in [5.41, 5.74) is -0.000196. The van der Waals surface area contributed by atoms with E-state index in [0.29, 0.717) is 25.3 Å². The number of hydrogen-bond donors (Lipinski definition) is 4. The molecule has 0 bridgehead atoms. The third-order valence-electron chi connectivity index (χ3n) is 3.84. The molecule has 32 heavy (non-hydrogen) atoms. The van der Waals surface area contributed by atoms with Crippen molar-refractivity contribution in [2.24, 2.45) is 10.8 Å². The Kier molecular flexibility index (Phi) is 14.2. The molecule has 0 aliphatic carbocycles. The van der Waals surface area contributed by atoms with Gasteiger partial charge in [-0.2, -0.15) is 11.8 Å². The molecular formula is C22H41N3O6S. The molecular weight excluding hydrogens is 434 g/mol. The van der Waals surface area contributed by atoms with E-state index in [4.69, 9.17) is 9.84 Å². The summed E-state index contributed by atoms with van der Waals surface area (Å²) in [7, 11) is 0. The first-order valence-electron chi connectivity index (χ1n) is 10.9. The van der Waals surface area contributed by atoms with Crippen LogP contribution in [0.3, 0.4) is 0 Å². The van der Waals surface area contributed by atoms with Gasteiger partial charge >= 0.3 is 5.97 Å². The molecule has 0 radical (unpaired) electrons. The minimum Gasteiger partial charge on any atom is -0.481 e. The Morgan fingerprint density at radius 1 is 0.875 bits per heavy atom. The van der Waals surface area contributed by atoms with Gasteiger partial charge in [-0.15, -0.1) is 0 Å². The molecule has 0 saturated carbocycles. The highest BCUT2D eigenvalue weighted by atomic mass is 32.2. The van der Waals surface area contributed by atoms with Crippen molar-refractivity contribution in [1.29, 1.82) is 0 Å². The standard InChI is InChI=1S/C22H41N3O6S/c1-21(2,3)13-18(27)23-10-12-31-11-8-17(26)25-16(14-32-15-22(4,5)6)20(30)24-9-7-19(28)29/h16H,7-15H2,1-6H3,(H,23,27)(H,24,30)(H,25,26)(H,28,29)/t16-/m0/s1. The monoisotopic (exact) mass is 475 g/mol. The number of amides is 3. The normalized spacial score (nSPS) is 12.7. The van der Waals surface area contributed by atoms with E-state index in [2.05, 4.69) is 36.7 Å². The zero-order valence-electron chi connectivity index (χ0n) is 20.3. The predicted molar refractivity (Wildman–Crippen MR) is 126 cm³/mol. The molecule has 0 aliphatic rings. The fraction of sp³-hybridized carbons (Fsp3) is 0.818. The van der Waals surface area contributed by atoms with E-state index < -0.39 is 17.9 Å². The Morgan fingerprint density at radius 3 is 2.09 bits per heavy atom. The number of carboxylic acids is 1. The number of thioether (sulfide) groups is 1. The zero-order chi connectivity index (χ0) is 24.8. The van der Waals surface area contributed by atoms with Gasteiger partial charge in [-0.05, 0) is 16.6 Å². The second kappa shape index (κ2) is 15.1. The Balaban J connectivity index is 4.34. The predicted octanol–water partition coefficient (Wildman–Crippen LogP) is 1.80. The van der Waals surface area contributed by atoms with Crippen molar-refractivity contribution in [3.63, 3.8) is 0 Å². The zero-order valence-corrected chi connectivity index (χ0v) is 21.2. The van der Waals surface area contributed by atoms with Crippen molar-refractivity contribution in [2.75, 3.05) is 37.8 Å². The lowest BCUT2D eigenvalue weighted by Gasteiger charge is -2.21. The lowest BCUT2D eigenvalue weighted by molar-refractivity contribution is -0.137. The summed E-state index contributed by atoms with van der Waals surface area (Å²) in [5.74, 6) is -0.558. The number of aliphatic carboxylic acids is 1. The second-order valence-corrected chi connectivity index (χ2v) is 11.1. The molecule has 0 rings (SSSR count). The highest BCUT2D eigenvalue weighted by Crippen LogP contribution is 2.21. The number of ether oxygens (including phenoxy) is 1. The molecule has 186 valence electrons. The van der Waals surface area contributed by atoms with Gasteiger partial charge in [0.15, 0.2) is 0 Å². The van der Waals surface area contributed by atoms with Crippen molar-refractivity contribution < 1.29 is 29.0 Å². The van der Waals surface area contributed by atoms with Crippen LogP contribution in [0.5, 0.6) is 0 Å². The Morgan fingerprint density at radius 2 is 1.53 bits per heavy atom. The lowest BCUT2D eigenvalue weighted by Crippen LogP contribution is -2.49. The molecule has 4 N–H and O–H groups in total. The molecule has 3 amide bonds. The van der Waals surface area contributed by atoms with E-state index >= 15 is 0 Å². The molecule has 0 spiro atoms. The van der Waals surface area contributed by atoms with Gasteiger partial charge < -0.3 is 25.8 Å². The molecule has 10 heteroatoms. The summed E-state index contributed by atoms with van der Waals surface area (Å²) in [6.07, 6.45) is 0.332. The van der Waals surface area contributed by atoms with E-state index in [0.717, 1.165) is 5.75 Å². The summed E-state index contributed by atoms with van der Waals surface area (Å²) in [6.45, 7) is 13.1. The van der Waals surface area contributed by atoms with Crippen molar-refractivity contribution in [3.05, 3.63) is 0 Å². The molecule has 0 aliphatic heterocycles. The van der Waals surface area contributed by atoms with Gasteiger partial charge in [0.1, 0.15) is 6.04 Å². The molecule has 0 saturated heterocycles. The molecule has 0 heterocycles. The van der Waals surface area contributed by atoms with Crippen molar-refractivity contribution in [3.8, 4) is 0 Å². The highest BCUT2D eigenvalue weighted by molar-refractivity contribution is 7.99. The molecule has 0 aromatic rings. The van der Waals surface area contributed by atoms with Gasteiger partial charge in [-0.3, -0.25) is 19.2 Å². The van der Waals surface area contributed by atoms with Gasteiger partial charge in [0.05, 0.1) is 19.6 Å².